The van der Waals surface area contributed by atoms with E-state index in [0.29, 0.717) is 22.3 Å². The number of aliphatic hydroxyl groups is 1. The highest BCUT2D eigenvalue weighted by molar-refractivity contribution is 7.16. The third-order valence-corrected chi connectivity index (χ3v) is 3.41. The second-order valence-corrected chi connectivity index (χ2v) is 5.38. The van der Waals surface area contributed by atoms with E-state index in [1.54, 1.807) is 30.1 Å². The molecule has 7 heteroatoms. The SMILES string of the molecule is Cn1cc(Cl)cc1C(=O)Nc1ncc(C#CCCO)s1. The van der Waals surface area contributed by atoms with E-state index in [4.69, 9.17) is 16.7 Å². The summed E-state index contributed by atoms with van der Waals surface area (Å²) in [6.07, 6.45) is 3.66. The number of anilines is 1. The van der Waals surface area contributed by atoms with Crippen LogP contribution in [0.4, 0.5) is 5.13 Å². The maximum Gasteiger partial charge on any atom is 0.274 e. The molecule has 0 bridgehead atoms. The average molecular weight is 310 g/mol. The summed E-state index contributed by atoms with van der Waals surface area (Å²) in [5, 5.41) is 12.3. The predicted molar refractivity (Wildman–Crippen MR) is 79.1 cm³/mol. The lowest BCUT2D eigenvalue weighted by Crippen LogP contribution is -2.14. The van der Waals surface area contributed by atoms with Crippen molar-refractivity contribution in [2.75, 3.05) is 11.9 Å². The maximum absolute atomic E-state index is 12.0. The van der Waals surface area contributed by atoms with Crippen molar-refractivity contribution in [1.82, 2.24) is 9.55 Å². The summed E-state index contributed by atoms with van der Waals surface area (Å²) in [5.41, 5.74) is 0.457. The molecule has 2 heterocycles. The van der Waals surface area contributed by atoms with Gasteiger partial charge in [-0.1, -0.05) is 34.8 Å². The van der Waals surface area contributed by atoms with Crippen LogP contribution in [0.15, 0.2) is 18.5 Å². The molecule has 2 rings (SSSR count). The Bertz CT molecular complexity index is 681. The van der Waals surface area contributed by atoms with Gasteiger partial charge in [-0.05, 0) is 6.07 Å². The van der Waals surface area contributed by atoms with E-state index in [1.165, 1.54) is 11.3 Å². The summed E-state index contributed by atoms with van der Waals surface area (Å²) < 4.78 is 1.65. The first-order chi connectivity index (χ1) is 9.60. The second kappa shape index (κ2) is 6.57. The highest BCUT2D eigenvalue weighted by atomic mass is 35.5. The first-order valence-electron chi connectivity index (χ1n) is 5.79. The van der Waals surface area contributed by atoms with Crippen LogP contribution >= 0.6 is 22.9 Å². The van der Waals surface area contributed by atoms with Crippen LogP contribution in [-0.2, 0) is 7.05 Å². The zero-order valence-corrected chi connectivity index (χ0v) is 12.3. The van der Waals surface area contributed by atoms with Crippen LogP contribution in [-0.4, -0.2) is 27.2 Å². The number of amides is 1. The fraction of sp³-hybridized carbons (Fsp3) is 0.231. The number of aliphatic hydroxyl groups excluding tert-OH is 1. The number of halogens is 1. The van der Waals surface area contributed by atoms with Gasteiger partial charge in [0.25, 0.3) is 5.91 Å². The molecule has 1 amide bonds. The van der Waals surface area contributed by atoms with Crippen LogP contribution in [0.1, 0.15) is 21.8 Å². The van der Waals surface area contributed by atoms with Crippen molar-refractivity contribution in [3.63, 3.8) is 0 Å². The molecular formula is C13H12ClN3O2S. The van der Waals surface area contributed by atoms with E-state index < -0.39 is 0 Å². The summed E-state index contributed by atoms with van der Waals surface area (Å²) >= 11 is 7.11. The van der Waals surface area contributed by atoms with Gasteiger partial charge in [0.05, 0.1) is 22.7 Å². The molecule has 0 aliphatic heterocycles. The van der Waals surface area contributed by atoms with Crippen LogP contribution in [0.5, 0.6) is 0 Å². The molecule has 0 aliphatic rings. The van der Waals surface area contributed by atoms with Crippen LogP contribution in [0, 0.1) is 11.8 Å². The number of aryl methyl sites for hydroxylation is 1. The van der Waals surface area contributed by atoms with Crippen LogP contribution in [0.25, 0.3) is 0 Å². The van der Waals surface area contributed by atoms with Crippen molar-refractivity contribution in [2.24, 2.45) is 7.05 Å². The van der Waals surface area contributed by atoms with E-state index in [-0.39, 0.29) is 12.5 Å². The molecule has 0 saturated carbocycles. The first-order valence-corrected chi connectivity index (χ1v) is 6.98. The number of nitrogens with zero attached hydrogens (tertiary/aromatic N) is 2. The molecule has 2 aromatic heterocycles. The first kappa shape index (κ1) is 14.6. The van der Waals surface area contributed by atoms with Crippen molar-refractivity contribution in [2.45, 2.75) is 6.42 Å². The summed E-state index contributed by atoms with van der Waals surface area (Å²) in [6.45, 7) is 0.0314. The minimum Gasteiger partial charge on any atom is -0.395 e. The quantitative estimate of drug-likeness (QED) is 0.854. The molecule has 0 atom stereocenters. The number of hydrogen-bond acceptors (Lipinski definition) is 4. The standard InChI is InChI=1S/C13H12ClN3O2S/c1-17-8-9(14)6-11(17)12(19)16-13-15-7-10(20-13)4-2-3-5-18/h6-8,18H,3,5H2,1H3,(H,15,16,19). The molecule has 0 fully saturated rings. The number of rotatable bonds is 3. The van der Waals surface area contributed by atoms with Gasteiger partial charge >= 0.3 is 0 Å². The number of carbonyl (C=O) groups excluding carboxylic acids is 1. The van der Waals surface area contributed by atoms with Gasteiger partial charge in [0.2, 0.25) is 0 Å². The van der Waals surface area contributed by atoms with E-state index in [9.17, 15) is 4.79 Å². The molecule has 0 unspecified atom stereocenters. The molecule has 0 aliphatic carbocycles. The van der Waals surface area contributed by atoms with Gasteiger partial charge in [0.1, 0.15) is 5.69 Å². The lowest BCUT2D eigenvalue weighted by Gasteiger charge is -2.01. The Morgan fingerprint density at radius 2 is 2.45 bits per heavy atom. The largest absolute Gasteiger partial charge is 0.395 e. The predicted octanol–water partition coefficient (Wildman–Crippen LogP) is 2.12. The molecule has 104 valence electrons. The van der Waals surface area contributed by atoms with Gasteiger partial charge in [0, 0.05) is 19.7 Å². The minimum atomic E-state index is -0.274. The zero-order valence-electron chi connectivity index (χ0n) is 10.7. The molecule has 20 heavy (non-hydrogen) atoms. The Labute approximate surface area is 125 Å². The highest BCUT2D eigenvalue weighted by Crippen LogP contribution is 2.19. The fourth-order valence-corrected chi connectivity index (χ4v) is 2.44. The van der Waals surface area contributed by atoms with Crippen LogP contribution in [0.2, 0.25) is 5.02 Å². The molecule has 0 radical (unpaired) electrons. The molecular weight excluding hydrogens is 298 g/mol. The minimum absolute atomic E-state index is 0.0314. The van der Waals surface area contributed by atoms with Crippen molar-refractivity contribution in [1.29, 1.82) is 0 Å². The number of thiazole rings is 1. The van der Waals surface area contributed by atoms with Gasteiger partial charge in [-0.25, -0.2) is 4.98 Å². The Hall–Kier alpha value is -1.81. The van der Waals surface area contributed by atoms with E-state index in [0.717, 1.165) is 4.88 Å². The van der Waals surface area contributed by atoms with Gasteiger partial charge in [-0.3, -0.25) is 10.1 Å². The Kier molecular flexibility index (Phi) is 4.79. The lowest BCUT2D eigenvalue weighted by atomic mass is 10.4. The molecule has 0 saturated heterocycles. The van der Waals surface area contributed by atoms with Crippen molar-refractivity contribution < 1.29 is 9.90 Å². The second-order valence-electron chi connectivity index (χ2n) is 3.91. The summed E-state index contributed by atoms with van der Waals surface area (Å²) in [5.74, 6) is 5.39. The van der Waals surface area contributed by atoms with Crippen molar-refractivity contribution in [3.8, 4) is 11.8 Å². The smallest absolute Gasteiger partial charge is 0.274 e. The monoisotopic (exact) mass is 309 g/mol. The van der Waals surface area contributed by atoms with Crippen LogP contribution in [0.3, 0.4) is 0 Å². The van der Waals surface area contributed by atoms with Crippen molar-refractivity contribution >= 4 is 34.0 Å². The van der Waals surface area contributed by atoms with Gasteiger partial charge < -0.3 is 9.67 Å². The van der Waals surface area contributed by atoms with Crippen LogP contribution < -0.4 is 5.32 Å². The van der Waals surface area contributed by atoms with Gasteiger partial charge in [0.15, 0.2) is 5.13 Å². The summed E-state index contributed by atoms with van der Waals surface area (Å²) in [4.78, 5) is 16.8. The molecule has 2 N–H and O–H groups in total. The Morgan fingerprint density at radius 1 is 1.65 bits per heavy atom. The van der Waals surface area contributed by atoms with E-state index in [2.05, 4.69) is 22.1 Å². The molecule has 0 aromatic carbocycles. The lowest BCUT2D eigenvalue weighted by molar-refractivity contribution is 0.101. The number of carbonyl (C=O) groups is 1. The summed E-state index contributed by atoms with van der Waals surface area (Å²) in [6, 6.07) is 1.59. The normalized spacial score (nSPS) is 9.95. The number of aromatic nitrogens is 2. The number of hydrogen-bond donors (Lipinski definition) is 2. The Morgan fingerprint density at radius 3 is 3.10 bits per heavy atom. The van der Waals surface area contributed by atoms with E-state index in [1.807, 2.05) is 0 Å². The fourth-order valence-electron chi connectivity index (χ4n) is 1.51. The van der Waals surface area contributed by atoms with Crippen molar-refractivity contribution in [3.05, 3.63) is 34.1 Å². The zero-order chi connectivity index (χ0) is 14.5. The third kappa shape index (κ3) is 3.61. The van der Waals surface area contributed by atoms with Gasteiger partial charge in [-0.15, -0.1) is 0 Å². The molecule has 5 nitrogen and oxygen atoms in total. The molecule has 2 aromatic rings. The highest BCUT2D eigenvalue weighted by Gasteiger charge is 2.12. The van der Waals surface area contributed by atoms with E-state index >= 15 is 0 Å². The number of nitrogens with one attached hydrogen (secondary N) is 1. The third-order valence-electron chi connectivity index (χ3n) is 2.38. The average Bonchev–Trinajstić information content (AvgIpc) is 2.96. The molecule has 0 spiro atoms. The topological polar surface area (TPSA) is 67.2 Å². The van der Waals surface area contributed by atoms with Gasteiger partial charge in [-0.2, -0.15) is 0 Å². The summed E-state index contributed by atoms with van der Waals surface area (Å²) in [7, 11) is 1.74. The maximum atomic E-state index is 12.0. The Balaban J connectivity index is 2.06.